The van der Waals surface area contributed by atoms with Gasteiger partial charge in [0.1, 0.15) is 5.75 Å². The average molecular weight is 256 g/mol. The maximum absolute atomic E-state index is 12.1. The number of alkyl halides is 3. The van der Waals surface area contributed by atoms with Crippen molar-refractivity contribution in [2.45, 2.75) is 11.0 Å². The molecule has 0 aromatic rings. The summed E-state index contributed by atoms with van der Waals surface area (Å²) in [4.78, 5) is -1.86. The number of hydrogen-bond donors (Lipinski definition) is 2. The van der Waals surface area contributed by atoms with Crippen molar-refractivity contribution in [2.24, 2.45) is 5.73 Å². The summed E-state index contributed by atoms with van der Waals surface area (Å²) in [7, 11) is -4.45. The third kappa shape index (κ3) is 2.56. The molecule has 0 fully saturated rings. The van der Waals surface area contributed by atoms with Gasteiger partial charge >= 0.3 is 6.18 Å². The van der Waals surface area contributed by atoms with Gasteiger partial charge in [-0.1, -0.05) is 6.08 Å². The van der Waals surface area contributed by atoms with E-state index in [9.17, 15) is 21.6 Å². The summed E-state index contributed by atoms with van der Waals surface area (Å²) in [5.41, 5.74) is 5.25. The van der Waals surface area contributed by atoms with Crippen LogP contribution in [-0.2, 0) is 9.84 Å². The number of rotatable bonds is 3. The topological polar surface area (TPSA) is 72.2 Å². The zero-order valence-corrected chi connectivity index (χ0v) is 8.98. The zero-order chi connectivity index (χ0) is 12.4. The van der Waals surface area contributed by atoms with Crippen molar-refractivity contribution in [1.29, 1.82) is 0 Å². The fourth-order valence-electron chi connectivity index (χ4n) is 1.30. The van der Waals surface area contributed by atoms with E-state index in [2.05, 4.69) is 5.32 Å². The minimum Gasteiger partial charge on any atom is -0.368 e. The molecule has 1 aliphatic heterocycles. The van der Waals surface area contributed by atoms with E-state index in [0.717, 1.165) is 6.08 Å². The summed E-state index contributed by atoms with van der Waals surface area (Å²) < 4.78 is 59.6. The van der Waals surface area contributed by atoms with E-state index in [4.69, 9.17) is 5.73 Å². The monoisotopic (exact) mass is 256 g/mol. The molecule has 4 nitrogen and oxygen atoms in total. The first kappa shape index (κ1) is 13.0. The average Bonchev–Trinajstić information content (AvgIpc) is 2.15. The van der Waals surface area contributed by atoms with E-state index in [-0.39, 0.29) is 0 Å². The Hall–Kier alpha value is -1.02. The van der Waals surface area contributed by atoms with Gasteiger partial charge in [-0.3, -0.25) is 0 Å². The van der Waals surface area contributed by atoms with Crippen LogP contribution in [0.5, 0.6) is 0 Å². The van der Waals surface area contributed by atoms with Crippen molar-refractivity contribution in [3.63, 3.8) is 0 Å². The molecular formula is C8H11F3N2O2S. The van der Waals surface area contributed by atoms with E-state index >= 15 is 0 Å². The smallest absolute Gasteiger partial charge is 0.368 e. The van der Waals surface area contributed by atoms with Crippen LogP contribution in [-0.4, -0.2) is 31.8 Å². The highest BCUT2D eigenvalue weighted by atomic mass is 32.2. The summed E-state index contributed by atoms with van der Waals surface area (Å²) in [6, 6.07) is 0. The summed E-state index contributed by atoms with van der Waals surface area (Å²) >= 11 is 0. The highest BCUT2D eigenvalue weighted by molar-refractivity contribution is 7.93. The molecule has 16 heavy (non-hydrogen) atoms. The van der Waals surface area contributed by atoms with E-state index in [0.29, 0.717) is 0 Å². The van der Waals surface area contributed by atoms with Crippen LogP contribution in [0, 0.1) is 0 Å². The second-order valence-corrected chi connectivity index (χ2v) is 5.58. The molecule has 0 saturated carbocycles. The number of allylic oxidation sites excluding steroid dienone is 2. The lowest BCUT2D eigenvalue weighted by molar-refractivity contribution is -0.106. The van der Waals surface area contributed by atoms with E-state index in [1.807, 2.05) is 0 Å². The number of nitrogens with one attached hydrogen (secondary N) is 1. The van der Waals surface area contributed by atoms with Crippen molar-refractivity contribution in [3.8, 4) is 0 Å². The molecule has 3 N–H and O–H groups in total. The van der Waals surface area contributed by atoms with Crippen LogP contribution in [0.25, 0.3) is 0 Å². The third-order valence-electron chi connectivity index (χ3n) is 2.11. The number of hydrogen-bond acceptors (Lipinski definition) is 4. The maximum Gasteiger partial charge on any atom is 0.402 e. The lowest BCUT2D eigenvalue weighted by Crippen LogP contribution is -2.56. The molecule has 0 spiro atoms. The predicted octanol–water partition coefficient (Wildman–Crippen LogP) is 0.292. The Balaban J connectivity index is 3.06. The second-order valence-electron chi connectivity index (χ2n) is 3.33. The molecule has 0 aliphatic carbocycles. The lowest BCUT2D eigenvalue weighted by Gasteiger charge is -2.31. The fourth-order valence-corrected chi connectivity index (χ4v) is 2.77. The van der Waals surface area contributed by atoms with Crippen LogP contribution < -0.4 is 11.1 Å². The third-order valence-corrected chi connectivity index (χ3v) is 4.35. The first-order chi connectivity index (χ1) is 7.22. The van der Waals surface area contributed by atoms with Crippen molar-refractivity contribution in [2.75, 3.05) is 12.3 Å². The molecule has 1 heterocycles. The van der Waals surface area contributed by atoms with Crippen LogP contribution in [0.2, 0.25) is 0 Å². The Morgan fingerprint density at radius 3 is 2.31 bits per heavy atom. The molecule has 1 aliphatic rings. The van der Waals surface area contributed by atoms with Gasteiger partial charge in [0.05, 0.1) is 0 Å². The van der Waals surface area contributed by atoms with Crippen molar-refractivity contribution < 1.29 is 21.6 Å². The first-order valence-electron chi connectivity index (χ1n) is 4.34. The Morgan fingerprint density at radius 2 is 1.94 bits per heavy atom. The number of sulfone groups is 1. The molecule has 0 aromatic heterocycles. The second kappa shape index (κ2) is 4.10. The Morgan fingerprint density at radius 1 is 1.31 bits per heavy atom. The van der Waals surface area contributed by atoms with Gasteiger partial charge < -0.3 is 11.1 Å². The van der Waals surface area contributed by atoms with Crippen LogP contribution in [0.1, 0.15) is 0 Å². The molecule has 0 radical (unpaired) electrons. The molecule has 0 saturated heterocycles. The van der Waals surface area contributed by atoms with Gasteiger partial charge in [0.2, 0.25) is 0 Å². The van der Waals surface area contributed by atoms with Crippen LogP contribution in [0.4, 0.5) is 13.2 Å². The molecule has 1 unspecified atom stereocenters. The van der Waals surface area contributed by atoms with Gasteiger partial charge in [-0.25, -0.2) is 8.42 Å². The normalized spacial score (nSPS) is 25.5. The standard InChI is InChI=1S/C8H11F3N2O2S/c9-8(10,11)6-16(14,15)7(5-12)3-1-2-4-13-7/h1-4,13H,5-6,12H2. The van der Waals surface area contributed by atoms with Crippen molar-refractivity contribution in [3.05, 3.63) is 24.4 Å². The van der Waals surface area contributed by atoms with Crippen LogP contribution >= 0.6 is 0 Å². The molecule has 8 heteroatoms. The van der Waals surface area contributed by atoms with Crippen LogP contribution in [0.15, 0.2) is 24.4 Å². The quantitative estimate of drug-likeness (QED) is 0.761. The van der Waals surface area contributed by atoms with E-state index < -0.39 is 33.2 Å². The molecule has 0 aromatic carbocycles. The lowest BCUT2D eigenvalue weighted by atomic mass is 10.2. The number of nitrogens with two attached hydrogens (primary N) is 1. The molecular weight excluding hydrogens is 245 g/mol. The predicted molar refractivity (Wildman–Crippen MR) is 53.0 cm³/mol. The van der Waals surface area contributed by atoms with Crippen molar-refractivity contribution in [1.82, 2.24) is 5.32 Å². The SMILES string of the molecule is NCC1(S(=O)(=O)CC(F)(F)F)C=CC=CN1. The number of dihydropyridines is 1. The Kier molecular flexibility index (Phi) is 3.34. The molecule has 1 rings (SSSR count). The molecule has 92 valence electrons. The molecule has 1 atom stereocenters. The largest absolute Gasteiger partial charge is 0.402 e. The van der Waals surface area contributed by atoms with E-state index in [1.165, 1.54) is 18.4 Å². The molecule has 0 amide bonds. The van der Waals surface area contributed by atoms with Gasteiger partial charge in [-0.15, -0.1) is 0 Å². The minimum absolute atomic E-state index is 0.466. The maximum atomic E-state index is 12.1. The van der Waals surface area contributed by atoms with Gasteiger partial charge in [-0.05, 0) is 18.4 Å². The van der Waals surface area contributed by atoms with E-state index in [1.54, 1.807) is 0 Å². The summed E-state index contributed by atoms with van der Waals surface area (Å²) in [6.07, 6.45) is 0.404. The van der Waals surface area contributed by atoms with Gasteiger partial charge in [-0.2, -0.15) is 13.2 Å². The minimum atomic E-state index is -4.78. The Bertz CT molecular complexity index is 413. The molecule has 0 bridgehead atoms. The fraction of sp³-hybridized carbons (Fsp3) is 0.500. The van der Waals surface area contributed by atoms with Gasteiger partial charge in [0, 0.05) is 6.54 Å². The highest BCUT2D eigenvalue weighted by Gasteiger charge is 2.47. The summed E-state index contributed by atoms with van der Waals surface area (Å²) in [5.74, 6) is -1.90. The van der Waals surface area contributed by atoms with Gasteiger partial charge in [0.15, 0.2) is 14.7 Å². The van der Waals surface area contributed by atoms with Crippen molar-refractivity contribution >= 4 is 9.84 Å². The van der Waals surface area contributed by atoms with Crippen LogP contribution in [0.3, 0.4) is 0 Å². The Labute approximate surface area is 90.9 Å². The summed E-state index contributed by atoms with van der Waals surface area (Å²) in [5, 5.41) is 2.36. The first-order valence-corrected chi connectivity index (χ1v) is 5.99. The number of halogens is 3. The highest BCUT2D eigenvalue weighted by Crippen LogP contribution is 2.26. The zero-order valence-electron chi connectivity index (χ0n) is 8.16. The van der Waals surface area contributed by atoms with Gasteiger partial charge in [0.25, 0.3) is 0 Å². The summed E-state index contributed by atoms with van der Waals surface area (Å²) in [6.45, 7) is -0.466.